The van der Waals surface area contributed by atoms with Crippen LogP contribution in [0.25, 0.3) is 0 Å². The molecule has 2 rings (SSSR count). The molecule has 1 saturated heterocycles. The Hall–Kier alpha value is -1.06. The van der Waals surface area contributed by atoms with Crippen molar-refractivity contribution in [3.05, 3.63) is 35.4 Å². The molecule has 1 aromatic carbocycles. The van der Waals surface area contributed by atoms with E-state index in [1.54, 1.807) is 0 Å². The van der Waals surface area contributed by atoms with Crippen molar-refractivity contribution in [1.82, 2.24) is 10.6 Å². The molecule has 0 saturated carbocycles. The zero-order valence-corrected chi connectivity index (χ0v) is 13.0. The molecule has 1 aromatic rings. The molecule has 0 aliphatic carbocycles. The second-order valence-electron chi connectivity index (χ2n) is 5.51. The second-order valence-corrected chi connectivity index (χ2v) is 5.51. The second kappa shape index (κ2) is 8.98. The van der Waals surface area contributed by atoms with Gasteiger partial charge in [-0.15, -0.1) is 12.4 Å². The van der Waals surface area contributed by atoms with Crippen LogP contribution in [0.2, 0.25) is 0 Å². The lowest BCUT2D eigenvalue weighted by molar-refractivity contribution is -0.121. The molecule has 112 valence electrons. The van der Waals surface area contributed by atoms with Crippen LogP contribution in [0.15, 0.2) is 24.3 Å². The molecular formula is C16H25ClN2O. The molecule has 1 atom stereocenters. The fourth-order valence-electron chi connectivity index (χ4n) is 2.57. The summed E-state index contributed by atoms with van der Waals surface area (Å²) in [5.74, 6) is 0.781. The van der Waals surface area contributed by atoms with E-state index in [1.165, 1.54) is 24.0 Å². The maximum atomic E-state index is 11.8. The minimum Gasteiger partial charge on any atom is -0.356 e. The number of halogens is 1. The van der Waals surface area contributed by atoms with Crippen LogP contribution < -0.4 is 10.6 Å². The monoisotopic (exact) mass is 296 g/mol. The van der Waals surface area contributed by atoms with Crippen LogP contribution in [0.1, 0.15) is 30.4 Å². The number of hydrogen-bond acceptors (Lipinski definition) is 2. The molecule has 1 aliphatic rings. The van der Waals surface area contributed by atoms with Crippen LogP contribution in [-0.2, 0) is 11.2 Å². The summed E-state index contributed by atoms with van der Waals surface area (Å²) in [7, 11) is 0. The summed E-state index contributed by atoms with van der Waals surface area (Å²) < 4.78 is 0. The SMILES string of the molecule is Cc1cccc(CCC(=O)NCC2CCCNC2)c1.Cl. The van der Waals surface area contributed by atoms with Gasteiger partial charge < -0.3 is 10.6 Å². The molecule has 3 nitrogen and oxygen atoms in total. The van der Waals surface area contributed by atoms with E-state index in [0.717, 1.165) is 26.1 Å². The highest BCUT2D eigenvalue weighted by Crippen LogP contribution is 2.09. The number of piperidine rings is 1. The Balaban J connectivity index is 0.00000200. The first-order valence-electron chi connectivity index (χ1n) is 7.27. The zero-order chi connectivity index (χ0) is 13.5. The van der Waals surface area contributed by atoms with Gasteiger partial charge in [0, 0.05) is 13.0 Å². The molecule has 0 radical (unpaired) electrons. The summed E-state index contributed by atoms with van der Waals surface area (Å²) in [6.45, 7) is 5.06. The number of carbonyl (C=O) groups excluding carboxylic acids is 1. The Morgan fingerprint density at radius 3 is 3.00 bits per heavy atom. The molecule has 4 heteroatoms. The summed E-state index contributed by atoms with van der Waals surface area (Å²) in [5, 5.41) is 6.43. The molecule has 0 aromatic heterocycles. The van der Waals surface area contributed by atoms with Gasteiger partial charge in [0.2, 0.25) is 5.91 Å². The molecular weight excluding hydrogens is 272 g/mol. The highest BCUT2D eigenvalue weighted by atomic mass is 35.5. The molecule has 20 heavy (non-hydrogen) atoms. The number of benzene rings is 1. The quantitative estimate of drug-likeness (QED) is 0.876. The van der Waals surface area contributed by atoms with Crippen molar-refractivity contribution in [2.24, 2.45) is 5.92 Å². The van der Waals surface area contributed by atoms with E-state index < -0.39 is 0 Å². The lowest BCUT2D eigenvalue weighted by Crippen LogP contribution is -2.38. The first-order chi connectivity index (χ1) is 9.24. The number of rotatable bonds is 5. The third-order valence-corrected chi connectivity index (χ3v) is 3.71. The first-order valence-corrected chi connectivity index (χ1v) is 7.27. The van der Waals surface area contributed by atoms with Crippen molar-refractivity contribution in [1.29, 1.82) is 0 Å². The third kappa shape index (κ3) is 5.93. The van der Waals surface area contributed by atoms with Gasteiger partial charge in [-0.2, -0.15) is 0 Å². The smallest absolute Gasteiger partial charge is 0.220 e. The van der Waals surface area contributed by atoms with Crippen LogP contribution in [-0.4, -0.2) is 25.5 Å². The summed E-state index contributed by atoms with van der Waals surface area (Å²) in [5.41, 5.74) is 2.50. The molecule has 0 spiro atoms. The van der Waals surface area contributed by atoms with E-state index >= 15 is 0 Å². The van der Waals surface area contributed by atoms with Crippen molar-refractivity contribution in [3.63, 3.8) is 0 Å². The van der Waals surface area contributed by atoms with Gasteiger partial charge in [0.1, 0.15) is 0 Å². The van der Waals surface area contributed by atoms with E-state index in [0.29, 0.717) is 12.3 Å². The van der Waals surface area contributed by atoms with Crippen LogP contribution in [0.4, 0.5) is 0 Å². The summed E-state index contributed by atoms with van der Waals surface area (Å²) in [6.07, 6.45) is 3.87. The minimum atomic E-state index is 0. The van der Waals surface area contributed by atoms with Crippen molar-refractivity contribution in [3.8, 4) is 0 Å². The predicted octanol–water partition coefficient (Wildman–Crippen LogP) is 2.47. The normalized spacial score (nSPS) is 18.1. The number of nitrogens with one attached hydrogen (secondary N) is 2. The molecule has 1 amide bonds. The van der Waals surface area contributed by atoms with E-state index in [2.05, 4.69) is 41.8 Å². The summed E-state index contributed by atoms with van der Waals surface area (Å²) in [4.78, 5) is 11.8. The van der Waals surface area contributed by atoms with Crippen LogP contribution >= 0.6 is 12.4 Å². The standard InChI is InChI=1S/C16H24N2O.ClH/c1-13-4-2-5-14(10-13)7-8-16(19)18-12-15-6-3-9-17-11-15;/h2,4-5,10,15,17H,3,6-9,11-12H2,1H3,(H,18,19);1H. The van der Waals surface area contributed by atoms with Gasteiger partial charge in [0.15, 0.2) is 0 Å². The number of carbonyl (C=O) groups is 1. The third-order valence-electron chi connectivity index (χ3n) is 3.71. The van der Waals surface area contributed by atoms with Crippen molar-refractivity contribution in [2.75, 3.05) is 19.6 Å². The predicted molar refractivity (Wildman–Crippen MR) is 85.4 cm³/mol. The highest BCUT2D eigenvalue weighted by molar-refractivity contribution is 5.85. The van der Waals surface area contributed by atoms with Gasteiger partial charge >= 0.3 is 0 Å². The van der Waals surface area contributed by atoms with Gasteiger partial charge in [0.25, 0.3) is 0 Å². The fraction of sp³-hybridized carbons (Fsp3) is 0.562. The van der Waals surface area contributed by atoms with Gasteiger partial charge in [-0.1, -0.05) is 29.8 Å². The molecule has 1 fully saturated rings. The van der Waals surface area contributed by atoms with E-state index in [9.17, 15) is 4.79 Å². The summed E-state index contributed by atoms with van der Waals surface area (Å²) in [6, 6.07) is 8.37. The van der Waals surface area contributed by atoms with E-state index in [1.807, 2.05) is 0 Å². The topological polar surface area (TPSA) is 41.1 Å². The lowest BCUT2D eigenvalue weighted by Gasteiger charge is -2.22. The minimum absolute atomic E-state index is 0. The Morgan fingerprint density at radius 2 is 2.30 bits per heavy atom. The van der Waals surface area contributed by atoms with Crippen molar-refractivity contribution in [2.45, 2.75) is 32.6 Å². The van der Waals surface area contributed by atoms with Crippen LogP contribution in [0, 0.1) is 12.8 Å². The summed E-state index contributed by atoms with van der Waals surface area (Å²) >= 11 is 0. The average molecular weight is 297 g/mol. The van der Waals surface area contributed by atoms with E-state index in [-0.39, 0.29) is 18.3 Å². The van der Waals surface area contributed by atoms with Gasteiger partial charge in [-0.25, -0.2) is 0 Å². The fourth-order valence-corrected chi connectivity index (χ4v) is 2.57. The van der Waals surface area contributed by atoms with Crippen LogP contribution in [0.3, 0.4) is 0 Å². The maximum absolute atomic E-state index is 11.8. The largest absolute Gasteiger partial charge is 0.356 e. The maximum Gasteiger partial charge on any atom is 0.220 e. The van der Waals surface area contributed by atoms with Gasteiger partial charge in [0.05, 0.1) is 0 Å². The number of hydrogen-bond donors (Lipinski definition) is 2. The first kappa shape index (κ1) is 17.0. The Bertz CT molecular complexity index is 417. The Kier molecular flexibility index (Phi) is 7.63. The zero-order valence-electron chi connectivity index (χ0n) is 12.2. The number of aryl methyl sites for hydroxylation is 2. The average Bonchev–Trinajstić information content (AvgIpc) is 2.44. The van der Waals surface area contributed by atoms with Gasteiger partial charge in [-0.05, 0) is 50.8 Å². The molecule has 1 aliphatic heterocycles. The molecule has 0 bridgehead atoms. The Morgan fingerprint density at radius 1 is 1.45 bits per heavy atom. The van der Waals surface area contributed by atoms with Crippen LogP contribution in [0.5, 0.6) is 0 Å². The Labute approximate surface area is 127 Å². The number of amides is 1. The highest BCUT2D eigenvalue weighted by Gasteiger charge is 2.13. The lowest BCUT2D eigenvalue weighted by atomic mass is 9.99. The molecule has 1 heterocycles. The molecule has 1 unspecified atom stereocenters. The van der Waals surface area contributed by atoms with Gasteiger partial charge in [-0.3, -0.25) is 4.79 Å². The van der Waals surface area contributed by atoms with E-state index in [4.69, 9.17) is 0 Å². The molecule has 2 N–H and O–H groups in total. The van der Waals surface area contributed by atoms with Crippen molar-refractivity contribution >= 4 is 18.3 Å². The van der Waals surface area contributed by atoms with Crippen molar-refractivity contribution < 1.29 is 4.79 Å².